The first-order chi connectivity index (χ1) is 12.2. The Morgan fingerprint density at radius 2 is 1.62 bits per heavy atom. The smallest absolute Gasteiger partial charge is 0.343 e. The minimum atomic E-state index is -4.07. The predicted molar refractivity (Wildman–Crippen MR) is 94.2 cm³/mol. The molecule has 26 heavy (non-hydrogen) atoms. The molecule has 0 spiro atoms. The Kier molecular flexibility index (Phi) is 4.51. The van der Waals surface area contributed by atoms with Crippen LogP contribution in [0.15, 0.2) is 48.5 Å². The van der Waals surface area contributed by atoms with Crippen molar-refractivity contribution in [2.24, 2.45) is 0 Å². The fourth-order valence-electron chi connectivity index (χ4n) is 2.69. The molecule has 10 heteroatoms. The van der Waals surface area contributed by atoms with Gasteiger partial charge in [-0.2, -0.15) is 8.78 Å². The monoisotopic (exact) mass is 387 g/mol. The molecule has 1 amide bonds. The van der Waals surface area contributed by atoms with Crippen molar-refractivity contribution in [1.82, 2.24) is 5.32 Å². The molecule has 0 saturated carbocycles. The van der Waals surface area contributed by atoms with Crippen molar-refractivity contribution < 1.29 is 27.1 Å². The summed E-state index contributed by atoms with van der Waals surface area (Å²) in [6, 6.07) is 11.3. The number of amides is 1. The summed E-state index contributed by atoms with van der Waals surface area (Å²) in [6.45, 7) is -1.28. The predicted octanol–water partition coefficient (Wildman–Crippen LogP) is 3.75. The molecule has 0 aromatic heterocycles. The lowest BCUT2D eigenvalue weighted by molar-refractivity contribution is -0.143. The number of alkyl halides is 2. The number of nitrogens with one attached hydrogen (secondary N) is 1. The number of hydrogen-bond donors (Lipinski definition) is 3. The topological polar surface area (TPSA) is 76.0 Å². The van der Waals surface area contributed by atoms with E-state index in [0.717, 1.165) is 17.4 Å². The third kappa shape index (κ3) is 2.85. The fraction of sp³-hybridized carbons (Fsp3) is 0.188. The number of fused-ring (bicyclic) bond motifs is 1. The number of anilines is 3. The van der Waals surface area contributed by atoms with Crippen LogP contribution in [-0.2, 0) is 4.79 Å². The molecular formula is C16H16F3N3O3S. The summed E-state index contributed by atoms with van der Waals surface area (Å²) in [6.07, 6.45) is 0. The van der Waals surface area contributed by atoms with Gasteiger partial charge in [0.25, 0.3) is 5.91 Å². The molecule has 0 fully saturated rings. The Balaban J connectivity index is 2.11. The molecule has 0 saturated heterocycles. The highest BCUT2D eigenvalue weighted by Crippen LogP contribution is 2.64. The first-order valence-electron chi connectivity index (χ1n) is 7.50. The molecule has 3 rings (SSSR count). The molecule has 1 heterocycles. The zero-order valence-electron chi connectivity index (χ0n) is 13.6. The van der Waals surface area contributed by atoms with Crippen LogP contribution in [0.3, 0.4) is 0 Å². The Bertz CT molecular complexity index is 850. The Morgan fingerprint density at radius 3 is 2.19 bits per heavy atom. The van der Waals surface area contributed by atoms with Gasteiger partial charge in [-0.15, -0.1) is 0 Å². The van der Waals surface area contributed by atoms with Gasteiger partial charge < -0.3 is 5.32 Å². The van der Waals surface area contributed by atoms with Crippen LogP contribution in [0.1, 0.15) is 0 Å². The van der Waals surface area contributed by atoms with Crippen molar-refractivity contribution in [3.8, 4) is 0 Å². The molecule has 1 aliphatic rings. The SMILES string of the molecule is CNC(=O)C(F)(F)CN1c2ccccc2N(c2ccccc2F)S1(O)O. The molecule has 0 atom stereocenters. The lowest BCUT2D eigenvalue weighted by atomic mass is 10.2. The summed E-state index contributed by atoms with van der Waals surface area (Å²) in [5, 5.41) is 1.84. The molecule has 0 unspecified atom stereocenters. The average Bonchev–Trinajstić information content (AvgIpc) is 2.82. The van der Waals surface area contributed by atoms with E-state index in [1.807, 2.05) is 5.32 Å². The van der Waals surface area contributed by atoms with Gasteiger partial charge in [0.15, 0.2) is 0 Å². The number of benzene rings is 2. The minimum absolute atomic E-state index is 0.0549. The van der Waals surface area contributed by atoms with Crippen LogP contribution < -0.4 is 13.9 Å². The van der Waals surface area contributed by atoms with E-state index in [4.69, 9.17) is 0 Å². The number of nitrogens with zero attached hydrogens (tertiary/aromatic N) is 2. The molecule has 140 valence electrons. The molecule has 3 N–H and O–H groups in total. The van der Waals surface area contributed by atoms with E-state index in [0.29, 0.717) is 4.31 Å². The van der Waals surface area contributed by atoms with Crippen LogP contribution in [0.2, 0.25) is 0 Å². The van der Waals surface area contributed by atoms with Crippen LogP contribution in [0.4, 0.5) is 30.2 Å². The van der Waals surface area contributed by atoms with E-state index in [1.54, 1.807) is 6.07 Å². The van der Waals surface area contributed by atoms with Gasteiger partial charge in [0, 0.05) is 7.05 Å². The maximum Gasteiger partial charge on any atom is 0.343 e. The van der Waals surface area contributed by atoms with Gasteiger partial charge in [0.1, 0.15) is 18.0 Å². The zero-order valence-corrected chi connectivity index (χ0v) is 14.4. The van der Waals surface area contributed by atoms with Gasteiger partial charge >= 0.3 is 5.92 Å². The van der Waals surface area contributed by atoms with Gasteiger partial charge in [0.05, 0.1) is 11.4 Å². The third-order valence-corrected chi connectivity index (χ3v) is 5.68. The molecule has 0 aliphatic carbocycles. The Labute approximate surface area is 149 Å². The molecule has 0 radical (unpaired) electrons. The summed E-state index contributed by atoms with van der Waals surface area (Å²) < 4.78 is 65.4. The molecule has 2 aromatic carbocycles. The molecular weight excluding hydrogens is 371 g/mol. The van der Waals surface area contributed by atoms with E-state index >= 15 is 0 Å². The lowest BCUT2D eigenvalue weighted by Gasteiger charge is -2.44. The number of carbonyl (C=O) groups is 1. The number of carbonyl (C=O) groups excluding carboxylic acids is 1. The average molecular weight is 387 g/mol. The van der Waals surface area contributed by atoms with E-state index in [9.17, 15) is 27.1 Å². The number of para-hydroxylation sites is 3. The van der Waals surface area contributed by atoms with Crippen molar-refractivity contribution in [3.05, 3.63) is 54.3 Å². The summed E-state index contributed by atoms with van der Waals surface area (Å²) in [7, 11) is -3.02. The van der Waals surface area contributed by atoms with Crippen LogP contribution >= 0.6 is 11.0 Å². The Hall–Kier alpha value is -2.43. The van der Waals surface area contributed by atoms with Crippen molar-refractivity contribution in [3.63, 3.8) is 0 Å². The van der Waals surface area contributed by atoms with Gasteiger partial charge in [0.2, 0.25) is 0 Å². The maximum atomic E-state index is 14.2. The van der Waals surface area contributed by atoms with Crippen molar-refractivity contribution >= 4 is 33.9 Å². The van der Waals surface area contributed by atoms with Gasteiger partial charge in [-0.05, 0) is 35.2 Å². The molecule has 2 aromatic rings. The summed E-state index contributed by atoms with van der Waals surface area (Å²) in [4.78, 5) is 11.4. The highest BCUT2D eigenvalue weighted by Gasteiger charge is 2.49. The second-order valence-electron chi connectivity index (χ2n) is 5.54. The van der Waals surface area contributed by atoms with Crippen LogP contribution in [-0.4, -0.2) is 34.5 Å². The molecule has 6 nitrogen and oxygen atoms in total. The number of rotatable bonds is 4. The highest BCUT2D eigenvalue weighted by atomic mass is 32.3. The first-order valence-corrected chi connectivity index (χ1v) is 8.96. The summed E-state index contributed by atoms with van der Waals surface area (Å²) >= 11 is 0. The van der Waals surface area contributed by atoms with Crippen LogP contribution in [0.25, 0.3) is 0 Å². The third-order valence-electron chi connectivity index (χ3n) is 3.88. The van der Waals surface area contributed by atoms with E-state index < -0.39 is 35.2 Å². The van der Waals surface area contributed by atoms with Crippen LogP contribution in [0, 0.1) is 5.82 Å². The quantitative estimate of drug-likeness (QED) is 0.745. The minimum Gasteiger partial charge on any atom is -0.354 e. The van der Waals surface area contributed by atoms with E-state index in [2.05, 4.69) is 0 Å². The van der Waals surface area contributed by atoms with Gasteiger partial charge in [-0.3, -0.25) is 13.9 Å². The number of halogens is 3. The molecule has 0 bridgehead atoms. The second-order valence-corrected chi connectivity index (χ2v) is 7.33. The summed E-state index contributed by atoms with van der Waals surface area (Å²) in [5.41, 5.74) is 0.0235. The van der Waals surface area contributed by atoms with Gasteiger partial charge in [-0.1, -0.05) is 24.3 Å². The summed E-state index contributed by atoms with van der Waals surface area (Å²) in [5.74, 6) is -6.20. The van der Waals surface area contributed by atoms with E-state index in [1.165, 1.54) is 36.4 Å². The second kappa shape index (κ2) is 6.38. The zero-order chi connectivity index (χ0) is 19.1. The van der Waals surface area contributed by atoms with Crippen molar-refractivity contribution in [2.75, 3.05) is 22.2 Å². The van der Waals surface area contributed by atoms with Crippen molar-refractivity contribution in [1.29, 1.82) is 0 Å². The standard InChI is InChI=1S/C16H16F3N3O3S/c1-20-15(23)16(18,19)10-21-13-8-4-5-9-14(13)22(26(21,24)25)12-7-3-2-6-11(12)17/h2-9,24-25H,10H2,1H3,(H,20,23). The fourth-order valence-corrected chi connectivity index (χ4v) is 4.48. The Morgan fingerprint density at radius 1 is 1.08 bits per heavy atom. The number of hydrogen-bond acceptors (Lipinski definition) is 5. The largest absolute Gasteiger partial charge is 0.354 e. The van der Waals surface area contributed by atoms with E-state index in [-0.39, 0.29) is 17.1 Å². The lowest BCUT2D eigenvalue weighted by Crippen LogP contribution is -2.48. The van der Waals surface area contributed by atoms with Crippen molar-refractivity contribution in [2.45, 2.75) is 5.92 Å². The van der Waals surface area contributed by atoms with Gasteiger partial charge in [-0.25, -0.2) is 13.0 Å². The molecule has 1 aliphatic heterocycles. The highest BCUT2D eigenvalue weighted by molar-refractivity contribution is 8.27. The normalized spacial score (nSPS) is 17.0. The first kappa shape index (κ1) is 18.4. The maximum absolute atomic E-state index is 14.2. The van der Waals surface area contributed by atoms with Crippen LogP contribution in [0.5, 0.6) is 0 Å².